The van der Waals surface area contributed by atoms with E-state index in [1.165, 1.54) is 0 Å². The van der Waals surface area contributed by atoms with Crippen LogP contribution in [0.25, 0.3) is 0 Å². The van der Waals surface area contributed by atoms with Gasteiger partial charge in [0, 0.05) is 38.4 Å². The molecule has 1 saturated heterocycles. The second kappa shape index (κ2) is 4.68. The molecule has 2 rings (SSSR count). The highest BCUT2D eigenvalue weighted by Gasteiger charge is 2.41. The molecule has 1 aliphatic heterocycles. The SMILES string of the molecule is Cn1ccnc1CC1CCC(C(F)(F)F)CN1. The number of nitrogens with one attached hydrogen (secondary N) is 1. The zero-order valence-electron chi connectivity index (χ0n) is 9.67. The second-order valence-electron chi connectivity index (χ2n) is 4.58. The summed E-state index contributed by atoms with van der Waals surface area (Å²) in [6.07, 6.45) is 0.936. The first-order valence-corrected chi connectivity index (χ1v) is 5.73. The Hall–Kier alpha value is -1.04. The molecule has 17 heavy (non-hydrogen) atoms. The van der Waals surface area contributed by atoms with E-state index in [9.17, 15) is 13.2 Å². The van der Waals surface area contributed by atoms with E-state index in [1.807, 2.05) is 17.8 Å². The molecular formula is C11H16F3N3. The van der Waals surface area contributed by atoms with Gasteiger partial charge in [0.25, 0.3) is 0 Å². The minimum Gasteiger partial charge on any atom is -0.338 e. The van der Waals surface area contributed by atoms with Crippen LogP contribution in [0.15, 0.2) is 12.4 Å². The third-order valence-electron chi connectivity index (χ3n) is 3.33. The van der Waals surface area contributed by atoms with Crippen molar-refractivity contribution in [1.29, 1.82) is 0 Å². The number of hydrogen-bond acceptors (Lipinski definition) is 2. The van der Waals surface area contributed by atoms with Gasteiger partial charge in [-0.05, 0) is 12.8 Å². The van der Waals surface area contributed by atoms with Crippen LogP contribution in [0.4, 0.5) is 13.2 Å². The summed E-state index contributed by atoms with van der Waals surface area (Å²) in [6.45, 7) is 0.0264. The number of aromatic nitrogens is 2. The summed E-state index contributed by atoms with van der Waals surface area (Å²) in [6, 6.07) is 0.106. The fraction of sp³-hybridized carbons (Fsp3) is 0.727. The quantitative estimate of drug-likeness (QED) is 0.865. The molecule has 2 heterocycles. The van der Waals surface area contributed by atoms with Gasteiger partial charge in [-0.15, -0.1) is 0 Å². The van der Waals surface area contributed by atoms with Gasteiger partial charge in [0.15, 0.2) is 0 Å². The average molecular weight is 247 g/mol. The smallest absolute Gasteiger partial charge is 0.338 e. The Morgan fingerprint density at radius 1 is 1.47 bits per heavy atom. The third kappa shape index (κ3) is 3.00. The fourth-order valence-electron chi connectivity index (χ4n) is 2.18. The topological polar surface area (TPSA) is 29.9 Å². The molecule has 1 aromatic heterocycles. The summed E-state index contributed by atoms with van der Waals surface area (Å²) in [4.78, 5) is 4.18. The van der Waals surface area contributed by atoms with Gasteiger partial charge in [-0.2, -0.15) is 13.2 Å². The largest absolute Gasteiger partial charge is 0.393 e. The Labute approximate surface area is 98.0 Å². The molecule has 6 heteroatoms. The van der Waals surface area contributed by atoms with Gasteiger partial charge in [0.05, 0.1) is 5.92 Å². The zero-order chi connectivity index (χ0) is 12.5. The van der Waals surface area contributed by atoms with Crippen molar-refractivity contribution in [1.82, 2.24) is 14.9 Å². The van der Waals surface area contributed by atoms with E-state index < -0.39 is 12.1 Å². The van der Waals surface area contributed by atoms with Crippen molar-refractivity contribution in [2.75, 3.05) is 6.54 Å². The average Bonchev–Trinajstić information content (AvgIpc) is 2.64. The van der Waals surface area contributed by atoms with Crippen molar-refractivity contribution in [3.05, 3.63) is 18.2 Å². The monoisotopic (exact) mass is 247 g/mol. The molecule has 96 valence electrons. The highest BCUT2D eigenvalue weighted by Crippen LogP contribution is 2.32. The Balaban J connectivity index is 1.86. The molecule has 0 aromatic carbocycles. The van der Waals surface area contributed by atoms with Crippen molar-refractivity contribution < 1.29 is 13.2 Å². The lowest BCUT2D eigenvalue weighted by Gasteiger charge is -2.30. The Morgan fingerprint density at radius 3 is 2.71 bits per heavy atom. The molecular weight excluding hydrogens is 231 g/mol. The molecule has 1 fully saturated rings. The molecule has 2 atom stereocenters. The number of piperidine rings is 1. The molecule has 1 N–H and O–H groups in total. The molecule has 1 aliphatic rings. The highest BCUT2D eigenvalue weighted by molar-refractivity contribution is 4.96. The zero-order valence-corrected chi connectivity index (χ0v) is 9.67. The summed E-state index contributed by atoms with van der Waals surface area (Å²) in [5, 5.41) is 2.97. The summed E-state index contributed by atoms with van der Waals surface area (Å²) < 4.78 is 39.3. The van der Waals surface area contributed by atoms with Gasteiger partial charge < -0.3 is 9.88 Å². The van der Waals surface area contributed by atoms with Crippen LogP contribution in [0, 0.1) is 5.92 Å². The lowest BCUT2D eigenvalue weighted by Crippen LogP contribution is -2.45. The van der Waals surface area contributed by atoms with Crippen LogP contribution < -0.4 is 5.32 Å². The number of nitrogens with zero attached hydrogens (tertiary/aromatic N) is 2. The standard InChI is InChI=1S/C11H16F3N3/c1-17-5-4-15-10(17)6-9-3-2-8(7-16-9)11(12,13)14/h4-5,8-9,16H,2-3,6-7H2,1H3. The van der Waals surface area contributed by atoms with Gasteiger partial charge in [-0.25, -0.2) is 4.98 Å². The normalized spacial score (nSPS) is 26.1. The molecule has 0 amide bonds. The Bertz CT molecular complexity index is 364. The summed E-state index contributed by atoms with van der Waals surface area (Å²) >= 11 is 0. The van der Waals surface area contributed by atoms with Crippen molar-refractivity contribution in [3.63, 3.8) is 0 Å². The maximum Gasteiger partial charge on any atom is 0.393 e. The first-order valence-electron chi connectivity index (χ1n) is 5.73. The second-order valence-corrected chi connectivity index (χ2v) is 4.58. The van der Waals surface area contributed by atoms with Crippen molar-refractivity contribution in [2.24, 2.45) is 13.0 Å². The predicted octanol–water partition coefficient (Wildman–Crippen LogP) is 1.89. The third-order valence-corrected chi connectivity index (χ3v) is 3.33. The van der Waals surface area contributed by atoms with E-state index in [0.29, 0.717) is 12.8 Å². The van der Waals surface area contributed by atoms with Crippen LogP contribution >= 0.6 is 0 Å². The van der Waals surface area contributed by atoms with E-state index in [4.69, 9.17) is 0 Å². The molecule has 0 saturated carbocycles. The van der Waals surface area contributed by atoms with Crippen LogP contribution in [0.3, 0.4) is 0 Å². The van der Waals surface area contributed by atoms with Crippen molar-refractivity contribution in [2.45, 2.75) is 31.5 Å². The van der Waals surface area contributed by atoms with Crippen LogP contribution in [0.1, 0.15) is 18.7 Å². The van der Waals surface area contributed by atoms with E-state index >= 15 is 0 Å². The van der Waals surface area contributed by atoms with Gasteiger partial charge >= 0.3 is 6.18 Å². The molecule has 0 spiro atoms. The van der Waals surface area contributed by atoms with E-state index in [1.54, 1.807) is 6.20 Å². The molecule has 0 radical (unpaired) electrons. The highest BCUT2D eigenvalue weighted by atomic mass is 19.4. The van der Waals surface area contributed by atoms with Crippen LogP contribution in [-0.2, 0) is 13.5 Å². The number of hydrogen-bond donors (Lipinski definition) is 1. The number of alkyl halides is 3. The van der Waals surface area contributed by atoms with Crippen LogP contribution in [-0.4, -0.2) is 28.3 Å². The van der Waals surface area contributed by atoms with Gasteiger partial charge in [0.1, 0.15) is 5.82 Å². The van der Waals surface area contributed by atoms with E-state index in [0.717, 1.165) is 5.82 Å². The maximum atomic E-state index is 12.5. The first-order chi connectivity index (χ1) is 7.97. The molecule has 0 aliphatic carbocycles. The molecule has 1 aromatic rings. The molecule has 3 nitrogen and oxygen atoms in total. The minimum atomic E-state index is -4.07. The molecule has 2 unspecified atom stereocenters. The Kier molecular flexibility index (Phi) is 3.42. The number of aryl methyl sites for hydroxylation is 1. The van der Waals surface area contributed by atoms with Gasteiger partial charge in [-0.1, -0.05) is 0 Å². The van der Waals surface area contributed by atoms with Gasteiger partial charge in [0.2, 0.25) is 0 Å². The lowest BCUT2D eigenvalue weighted by molar-refractivity contribution is -0.179. The predicted molar refractivity (Wildman–Crippen MR) is 57.5 cm³/mol. The summed E-state index contributed by atoms with van der Waals surface area (Å²) in [7, 11) is 1.89. The van der Waals surface area contributed by atoms with Crippen molar-refractivity contribution >= 4 is 0 Å². The number of halogens is 3. The van der Waals surface area contributed by atoms with Crippen LogP contribution in [0.2, 0.25) is 0 Å². The van der Waals surface area contributed by atoms with E-state index in [-0.39, 0.29) is 19.0 Å². The fourth-order valence-corrected chi connectivity index (χ4v) is 2.18. The number of imidazole rings is 1. The summed E-state index contributed by atoms with van der Waals surface area (Å²) in [5.41, 5.74) is 0. The Morgan fingerprint density at radius 2 is 2.24 bits per heavy atom. The maximum absolute atomic E-state index is 12.5. The van der Waals surface area contributed by atoms with Gasteiger partial charge in [-0.3, -0.25) is 0 Å². The lowest BCUT2D eigenvalue weighted by atomic mass is 9.92. The van der Waals surface area contributed by atoms with Crippen molar-refractivity contribution in [3.8, 4) is 0 Å². The summed E-state index contributed by atoms with van der Waals surface area (Å²) in [5.74, 6) is -0.284. The van der Waals surface area contributed by atoms with E-state index in [2.05, 4.69) is 10.3 Å². The van der Waals surface area contributed by atoms with Crippen LogP contribution in [0.5, 0.6) is 0 Å². The molecule has 0 bridgehead atoms. The number of rotatable bonds is 2. The first kappa shape index (κ1) is 12.4. The minimum absolute atomic E-state index is 0.0264.